The fourth-order valence-electron chi connectivity index (χ4n) is 1.49. The van der Waals surface area contributed by atoms with Crippen LogP contribution in [0.1, 0.15) is 25.4 Å². The van der Waals surface area contributed by atoms with E-state index in [0.29, 0.717) is 13.0 Å². The predicted octanol–water partition coefficient (Wildman–Crippen LogP) is 1.33. The first kappa shape index (κ1) is 12.8. The molecule has 2 N–H and O–H groups in total. The van der Waals surface area contributed by atoms with Crippen molar-refractivity contribution in [3.05, 3.63) is 23.7 Å². The number of amides is 1. The molecule has 0 unspecified atom stereocenters. The van der Waals surface area contributed by atoms with Crippen molar-refractivity contribution in [2.24, 2.45) is 5.73 Å². The van der Waals surface area contributed by atoms with Crippen LogP contribution in [0, 0.1) is 6.92 Å². The van der Waals surface area contributed by atoms with Gasteiger partial charge in [0.1, 0.15) is 11.5 Å². The van der Waals surface area contributed by atoms with Gasteiger partial charge in [-0.3, -0.25) is 4.79 Å². The predicted molar refractivity (Wildman–Crippen MR) is 63.1 cm³/mol. The number of nitrogens with zero attached hydrogens (tertiary/aromatic N) is 1. The molecule has 0 bridgehead atoms. The molecule has 4 nitrogen and oxygen atoms in total. The van der Waals surface area contributed by atoms with Crippen LogP contribution in [0.3, 0.4) is 0 Å². The molecule has 0 aliphatic rings. The first-order valence-electron chi connectivity index (χ1n) is 5.40. The van der Waals surface area contributed by atoms with E-state index in [2.05, 4.69) is 0 Å². The third-order valence-corrected chi connectivity index (χ3v) is 2.39. The molecular formula is C12H20N2O2. The molecule has 0 aliphatic carbocycles. The zero-order chi connectivity index (χ0) is 12.3. The minimum absolute atomic E-state index is 0.0595. The second-order valence-corrected chi connectivity index (χ2v) is 4.71. The van der Waals surface area contributed by atoms with Crippen molar-refractivity contribution in [3.63, 3.8) is 0 Å². The van der Waals surface area contributed by atoms with E-state index in [1.807, 2.05) is 19.1 Å². The van der Waals surface area contributed by atoms with Gasteiger partial charge in [-0.1, -0.05) is 0 Å². The number of hydrogen-bond acceptors (Lipinski definition) is 3. The Balaban J connectivity index is 2.47. The van der Waals surface area contributed by atoms with E-state index in [1.165, 1.54) is 0 Å². The maximum atomic E-state index is 11.8. The van der Waals surface area contributed by atoms with Crippen molar-refractivity contribution in [3.8, 4) is 0 Å². The minimum Gasteiger partial charge on any atom is -0.466 e. The molecule has 1 aromatic rings. The lowest BCUT2D eigenvalue weighted by Crippen LogP contribution is -2.50. The quantitative estimate of drug-likeness (QED) is 0.839. The number of furan rings is 1. The highest BCUT2D eigenvalue weighted by Gasteiger charge is 2.25. The van der Waals surface area contributed by atoms with E-state index in [-0.39, 0.29) is 5.91 Å². The lowest BCUT2D eigenvalue weighted by molar-refractivity contribution is -0.134. The second-order valence-electron chi connectivity index (χ2n) is 4.71. The summed E-state index contributed by atoms with van der Waals surface area (Å²) >= 11 is 0. The van der Waals surface area contributed by atoms with Gasteiger partial charge in [-0.15, -0.1) is 0 Å². The van der Waals surface area contributed by atoms with Crippen molar-refractivity contribution >= 4 is 5.91 Å². The first-order chi connectivity index (χ1) is 7.30. The summed E-state index contributed by atoms with van der Waals surface area (Å²) in [6.07, 6.45) is 0.714. The molecule has 0 radical (unpaired) electrons. The molecule has 0 aliphatic heterocycles. The van der Waals surface area contributed by atoms with Gasteiger partial charge in [0.05, 0.1) is 5.54 Å². The molecule has 0 saturated carbocycles. The Bertz CT molecular complexity index is 363. The van der Waals surface area contributed by atoms with Crippen molar-refractivity contribution in [2.75, 3.05) is 13.6 Å². The topological polar surface area (TPSA) is 59.5 Å². The highest BCUT2D eigenvalue weighted by atomic mass is 16.3. The smallest absolute Gasteiger partial charge is 0.241 e. The molecule has 1 aromatic heterocycles. The summed E-state index contributed by atoms with van der Waals surface area (Å²) in [4.78, 5) is 13.4. The van der Waals surface area contributed by atoms with Gasteiger partial charge >= 0.3 is 0 Å². The Kier molecular flexibility index (Phi) is 3.75. The van der Waals surface area contributed by atoms with Crippen LogP contribution in [0.25, 0.3) is 0 Å². The van der Waals surface area contributed by atoms with Gasteiger partial charge in [-0.2, -0.15) is 0 Å². The third kappa shape index (κ3) is 3.38. The molecule has 0 spiro atoms. The van der Waals surface area contributed by atoms with Crippen molar-refractivity contribution in [1.29, 1.82) is 0 Å². The number of carbonyl (C=O) groups is 1. The maximum absolute atomic E-state index is 11.8. The molecule has 0 fully saturated rings. The standard InChI is InChI=1S/C12H20N2O2/c1-9-5-6-10(16-9)7-8-14(4)11(15)12(2,3)13/h5-6H,7-8,13H2,1-4H3. The number of likely N-dealkylation sites (N-methyl/N-ethyl adjacent to an activating group) is 1. The van der Waals surface area contributed by atoms with Gasteiger partial charge in [0.25, 0.3) is 0 Å². The average molecular weight is 224 g/mol. The van der Waals surface area contributed by atoms with Gasteiger partial charge in [-0.05, 0) is 32.9 Å². The van der Waals surface area contributed by atoms with Crippen LogP contribution >= 0.6 is 0 Å². The highest BCUT2D eigenvalue weighted by molar-refractivity contribution is 5.84. The third-order valence-electron chi connectivity index (χ3n) is 2.39. The van der Waals surface area contributed by atoms with Crippen LogP contribution in [-0.4, -0.2) is 29.9 Å². The van der Waals surface area contributed by atoms with Gasteiger partial charge < -0.3 is 15.1 Å². The molecule has 1 rings (SSSR count). The Morgan fingerprint density at radius 3 is 2.56 bits per heavy atom. The van der Waals surface area contributed by atoms with Crippen LogP contribution in [-0.2, 0) is 11.2 Å². The van der Waals surface area contributed by atoms with E-state index in [4.69, 9.17) is 10.2 Å². The maximum Gasteiger partial charge on any atom is 0.241 e. The zero-order valence-corrected chi connectivity index (χ0v) is 10.4. The van der Waals surface area contributed by atoms with Crippen LogP contribution in [0.15, 0.2) is 16.5 Å². The molecule has 0 saturated heterocycles. The molecule has 4 heteroatoms. The summed E-state index contributed by atoms with van der Waals surface area (Å²) in [7, 11) is 1.76. The Hall–Kier alpha value is -1.29. The first-order valence-corrected chi connectivity index (χ1v) is 5.40. The van der Waals surface area contributed by atoms with Gasteiger partial charge in [0, 0.05) is 20.0 Å². The highest BCUT2D eigenvalue weighted by Crippen LogP contribution is 2.09. The fraction of sp³-hybridized carbons (Fsp3) is 0.583. The zero-order valence-electron chi connectivity index (χ0n) is 10.4. The largest absolute Gasteiger partial charge is 0.466 e. The number of hydrogen-bond donors (Lipinski definition) is 1. The number of nitrogens with two attached hydrogens (primary N) is 1. The van der Waals surface area contributed by atoms with Gasteiger partial charge in [0.2, 0.25) is 5.91 Å². The SMILES string of the molecule is Cc1ccc(CCN(C)C(=O)C(C)(C)N)o1. The molecule has 0 atom stereocenters. The lowest BCUT2D eigenvalue weighted by Gasteiger charge is -2.25. The number of rotatable bonds is 4. The summed E-state index contributed by atoms with van der Waals surface area (Å²) in [6.45, 7) is 5.94. The minimum atomic E-state index is -0.812. The van der Waals surface area contributed by atoms with E-state index < -0.39 is 5.54 Å². The van der Waals surface area contributed by atoms with Crippen LogP contribution in [0.5, 0.6) is 0 Å². The average Bonchev–Trinajstić information content (AvgIpc) is 2.58. The summed E-state index contributed by atoms with van der Waals surface area (Å²) in [5.41, 5.74) is 4.93. The van der Waals surface area contributed by atoms with Crippen molar-refractivity contribution < 1.29 is 9.21 Å². The van der Waals surface area contributed by atoms with E-state index in [1.54, 1.807) is 25.8 Å². The summed E-state index contributed by atoms with van der Waals surface area (Å²) in [5.74, 6) is 1.73. The molecule has 16 heavy (non-hydrogen) atoms. The monoisotopic (exact) mass is 224 g/mol. The molecule has 0 aromatic carbocycles. The molecule has 1 heterocycles. The summed E-state index contributed by atoms with van der Waals surface area (Å²) < 4.78 is 5.43. The van der Waals surface area contributed by atoms with Gasteiger partial charge in [-0.25, -0.2) is 0 Å². The summed E-state index contributed by atoms with van der Waals surface area (Å²) in [5, 5.41) is 0. The Morgan fingerprint density at radius 1 is 1.50 bits per heavy atom. The number of carbonyl (C=O) groups excluding carboxylic acids is 1. The lowest BCUT2D eigenvalue weighted by atomic mass is 10.1. The molecule has 90 valence electrons. The normalized spacial score (nSPS) is 11.6. The number of aryl methyl sites for hydroxylation is 1. The van der Waals surface area contributed by atoms with E-state index >= 15 is 0 Å². The molecule has 1 amide bonds. The second kappa shape index (κ2) is 4.70. The summed E-state index contributed by atoms with van der Waals surface area (Å²) in [6, 6.07) is 3.85. The molecular weight excluding hydrogens is 204 g/mol. The van der Waals surface area contributed by atoms with Crippen molar-refractivity contribution in [2.45, 2.75) is 32.7 Å². The van der Waals surface area contributed by atoms with E-state index in [0.717, 1.165) is 11.5 Å². The Labute approximate surface area is 96.4 Å². The van der Waals surface area contributed by atoms with Crippen LogP contribution in [0.2, 0.25) is 0 Å². The van der Waals surface area contributed by atoms with Crippen LogP contribution in [0.4, 0.5) is 0 Å². The van der Waals surface area contributed by atoms with E-state index in [9.17, 15) is 4.79 Å². The fourth-order valence-corrected chi connectivity index (χ4v) is 1.49. The van der Waals surface area contributed by atoms with Crippen molar-refractivity contribution in [1.82, 2.24) is 4.90 Å². The van der Waals surface area contributed by atoms with Gasteiger partial charge in [0.15, 0.2) is 0 Å². The van der Waals surface area contributed by atoms with Crippen LogP contribution < -0.4 is 5.73 Å². The Morgan fingerprint density at radius 2 is 2.12 bits per heavy atom.